The van der Waals surface area contributed by atoms with Crippen molar-refractivity contribution in [2.45, 2.75) is 72.1 Å². The Balaban J connectivity index is 1.52. The molecule has 7 nitrogen and oxygen atoms in total. The van der Waals surface area contributed by atoms with E-state index in [9.17, 15) is 14.7 Å². The molecule has 4 aromatic rings. The smallest absolute Gasteiger partial charge is 0.253 e. The van der Waals surface area contributed by atoms with Crippen molar-refractivity contribution in [3.63, 3.8) is 0 Å². The van der Waals surface area contributed by atoms with Gasteiger partial charge < -0.3 is 25.6 Å². The molecule has 0 fully saturated rings. The Kier molecular flexibility index (Phi) is 11.5. The van der Waals surface area contributed by atoms with E-state index < -0.39 is 12.1 Å². The molecule has 4 N–H and O–H groups in total. The molecule has 4 rings (SSSR count). The highest BCUT2D eigenvalue weighted by Crippen LogP contribution is 2.18. The minimum Gasteiger partial charge on any atom is -0.390 e. The highest BCUT2D eigenvalue weighted by atomic mass is 16.3. The van der Waals surface area contributed by atoms with Gasteiger partial charge in [-0.15, -0.1) is 0 Å². The van der Waals surface area contributed by atoms with Gasteiger partial charge in [0.2, 0.25) is 0 Å². The summed E-state index contributed by atoms with van der Waals surface area (Å²) in [4.78, 5) is 32.1. The summed E-state index contributed by atoms with van der Waals surface area (Å²) in [6.45, 7) is 10.4. The number of nitrogens with zero attached hydrogens (tertiary/aromatic N) is 1. The fourth-order valence-electron chi connectivity index (χ4n) is 5.56. The highest BCUT2D eigenvalue weighted by Gasteiger charge is 2.24. The SMILES string of the molecule is CCCN(CCC)C(=O)c1cc(C)cc(C(=O)N[C@@H](Cc2ccc3[nH]ccc3c2)[C@H](O)CNCc2cccc(CC)c2)c1. The van der Waals surface area contributed by atoms with E-state index in [-0.39, 0.29) is 11.8 Å². The summed E-state index contributed by atoms with van der Waals surface area (Å²) in [5.74, 6) is -0.369. The Morgan fingerprint density at radius 2 is 1.63 bits per heavy atom. The van der Waals surface area contributed by atoms with Crippen LogP contribution in [0.3, 0.4) is 0 Å². The lowest BCUT2D eigenvalue weighted by molar-refractivity contribution is 0.0755. The number of carbonyl (C=O) groups excluding carboxylic acids is 2. The summed E-state index contributed by atoms with van der Waals surface area (Å²) in [5, 5.41) is 18.9. The minimum absolute atomic E-state index is 0.0609. The summed E-state index contributed by atoms with van der Waals surface area (Å²) in [6, 6.07) is 21.3. The monoisotopic (exact) mass is 582 g/mol. The second kappa shape index (κ2) is 15.5. The topological polar surface area (TPSA) is 97.5 Å². The van der Waals surface area contributed by atoms with Gasteiger partial charge in [-0.1, -0.05) is 51.1 Å². The molecular formula is C36H46N4O3. The van der Waals surface area contributed by atoms with Crippen molar-refractivity contribution >= 4 is 22.7 Å². The number of aliphatic hydroxyl groups is 1. The van der Waals surface area contributed by atoms with Gasteiger partial charge in [-0.2, -0.15) is 0 Å². The molecule has 0 bridgehead atoms. The van der Waals surface area contributed by atoms with E-state index in [1.165, 1.54) is 5.56 Å². The van der Waals surface area contributed by atoms with E-state index in [0.717, 1.165) is 46.9 Å². The van der Waals surface area contributed by atoms with Crippen LogP contribution < -0.4 is 10.6 Å². The molecule has 228 valence electrons. The lowest BCUT2D eigenvalue weighted by Crippen LogP contribution is -2.48. The van der Waals surface area contributed by atoms with Crippen molar-refractivity contribution in [3.8, 4) is 0 Å². The van der Waals surface area contributed by atoms with Gasteiger partial charge in [0, 0.05) is 49.0 Å². The average molecular weight is 583 g/mol. The van der Waals surface area contributed by atoms with Crippen LogP contribution in [0.4, 0.5) is 0 Å². The number of fused-ring (bicyclic) bond motifs is 1. The highest BCUT2D eigenvalue weighted by molar-refractivity contribution is 6.00. The molecule has 3 aromatic carbocycles. The van der Waals surface area contributed by atoms with Gasteiger partial charge >= 0.3 is 0 Å². The first-order valence-corrected chi connectivity index (χ1v) is 15.6. The fraction of sp³-hybridized carbons (Fsp3) is 0.389. The minimum atomic E-state index is -0.837. The molecular weight excluding hydrogens is 536 g/mol. The predicted octanol–water partition coefficient (Wildman–Crippen LogP) is 5.79. The van der Waals surface area contributed by atoms with Crippen molar-refractivity contribution in [3.05, 3.63) is 106 Å². The first-order valence-electron chi connectivity index (χ1n) is 15.6. The molecule has 7 heteroatoms. The summed E-state index contributed by atoms with van der Waals surface area (Å²) in [7, 11) is 0. The zero-order valence-corrected chi connectivity index (χ0v) is 26.0. The van der Waals surface area contributed by atoms with Gasteiger partial charge in [0.25, 0.3) is 11.8 Å². The van der Waals surface area contributed by atoms with Gasteiger partial charge in [0.1, 0.15) is 0 Å². The number of aliphatic hydroxyl groups excluding tert-OH is 1. The van der Waals surface area contributed by atoms with E-state index >= 15 is 0 Å². The molecule has 1 heterocycles. The van der Waals surface area contributed by atoms with Gasteiger partial charge in [0.15, 0.2) is 0 Å². The van der Waals surface area contributed by atoms with E-state index in [4.69, 9.17) is 0 Å². The maximum Gasteiger partial charge on any atom is 0.253 e. The van der Waals surface area contributed by atoms with E-state index in [2.05, 4.69) is 66.7 Å². The third kappa shape index (κ3) is 8.78. The van der Waals surface area contributed by atoms with Crippen LogP contribution in [0.5, 0.6) is 0 Å². The number of H-pyrrole nitrogens is 1. The van der Waals surface area contributed by atoms with Crippen LogP contribution in [0.2, 0.25) is 0 Å². The standard InChI is InChI=1S/C36H46N4O3/c1-5-15-40(16-6-2)36(43)31-18-25(4)17-30(22-31)35(42)39-33(21-27-11-12-32-29(20-27)13-14-38-32)34(41)24-37-23-28-10-8-9-26(7-3)19-28/h8-14,17-20,22,33-34,37-38,41H,5-7,15-16,21,23-24H2,1-4H3,(H,39,42)/t33-,34+/m0/s1. The van der Waals surface area contributed by atoms with Gasteiger partial charge in [0.05, 0.1) is 12.1 Å². The van der Waals surface area contributed by atoms with Crippen molar-refractivity contribution < 1.29 is 14.7 Å². The van der Waals surface area contributed by atoms with E-state index in [1.807, 2.05) is 42.3 Å². The second-order valence-electron chi connectivity index (χ2n) is 11.4. The molecule has 2 atom stereocenters. The molecule has 2 amide bonds. The molecule has 0 aliphatic carbocycles. The molecule has 1 aromatic heterocycles. The zero-order chi connectivity index (χ0) is 30.8. The summed E-state index contributed by atoms with van der Waals surface area (Å²) in [5.41, 5.74) is 6.25. The largest absolute Gasteiger partial charge is 0.390 e. The number of aromatic nitrogens is 1. The summed E-state index contributed by atoms with van der Waals surface area (Å²) in [6.07, 6.45) is 4.24. The van der Waals surface area contributed by atoms with Crippen molar-refractivity contribution in [2.75, 3.05) is 19.6 Å². The van der Waals surface area contributed by atoms with Crippen LogP contribution in [-0.4, -0.2) is 58.6 Å². The Morgan fingerprint density at radius 3 is 2.37 bits per heavy atom. The quantitative estimate of drug-likeness (QED) is 0.143. The first kappa shape index (κ1) is 32.0. The molecule has 0 saturated heterocycles. The Bertz CT molecular complexity index is 1510. The lowest BCUT2D eigenvalue weighted by Gasteiger charge is -2.25. The van der Waals surface area contributed by atoms with Crippen LogP contribution in [0, 0.1) is 6.92 Å². The van der Waals surface area contributed by atoms with E-state index in [0.29, 0.717) is 43.7 Å². The van der Waals surface area contributed by atoms with Crippen LogP contribution in [-0.2, 0) is 19.4 Å². The zero-order valence-electron chi connectivity index (χ0n) is 26.0. The number of carbonyl (C=O) groups is 2. The van der Waals surface area contributed by atoms with Crippen molar-refractivity contribution in [1.82, 2.24) is 20.5 Å². The molecule has 0 spiro atoms. The maximum atomic E-state index is 13.7. The average Bonchev–Trinajstić information content (AvgIpc) is 3.48. The molecule has 0 saturated carbocycles. The van der Waals surface area contributed by atoms with Crippen LogP contribution >= 0.6 is 0 Å². The maximum absolute atomic E-state index is 13.7. The number of hydrogen-bond donors (Lipinski definition) is 4. The Morgan fingerprint density at radius 1 is 0.884 bits per heavy atom. The fourth-order valence-corrected chi connectivity index (χ4v) is 5.56. The third-order valence-corrected chi connectivity index (χ3v) is 7.80. The summed E-state index contributed by atoms with van der Waals surface area (Å²) >= 11 is 0. The summed E-state index contributed by atoms with van der Waals surface area (Å²) < 4.78 is 0. The lowest BCUT2D eigenvalue weighted by atomic mass is 9.98. The molecule has 0 unspecified atom stereocenters. The number of rotatable bonds is 15. The molecule has 43 heavy (non-hydrogen) atoms. The van der Waals surface area contributed by atoms with E-state index in [1.54, 1.807) is 12.1 Å². The Hall–Kier alpha value is -3.94. The first-order chi connectivity index (χ1) is 20.8. The number of aromatic amines is 1. The number of nitrogens with one attached hydrogen (secondary N) is 3. The third-order valence-electron chi connectivity index (χ3n) is 7.80. The van der Waals surface area contributed by atoms with Crippen molar-refractivity contribution in [2.24, 2.45) is 0 Å². The molecule has 0 radical (unpaired) electrons. The van der Waals surface area contributed by atoms with Gasteiger partial charge in [-0.05, 0) is 96.6 Å². The van der Waals surface area contributed by atoms with Gasteiger partial charge in [-0.3, -0.25) is 9.59 Å². The predicted molar refractivity (Wildman–Crippen MR) is 174 cm³/mol. The molecule has 0 aliphatic rings. The normalized spacial score (nSPS) is 12.7. The van der Waals surface area contributed by atoms with Crippen LogP contribution in [0.25, 0.3) is 10.9 Å². The van der Waals surface area contributed by atoms with Gasteiger partial charge in [-0.25, -0.2) is 0 Å². The number of benzene rings is 3. The molecule has 0 aliphatic heterocycles. The van der Waals surface area contributed by atoms with Crippen LogP contribution in [0.15, 0.2) is 72.9 Å². The number of amides is 2. The van der Waals surface area contributed by atoms with Crippen molar-refractivity contribution in [1.29, 1.82) is 0 Å². The number of aryl methyl sites for hydroxylation is 2. The number of hydrogen-bond acceptors (Lipinski definition) is 4. The van der Waals surface area contributed by atoms with Crippen LogP contribution in [0.1, 0.15) is 76.6 Å². The Labute approximate surface area is 255 Å². The second-order valence-corrected chi connectivity index (χ2v) is 11.4.